The molecular weight excluding hydrogens is 360 g/mol. The topological polar surface area (TPSA) is 78.4 Å². The summed E-state index contributed by atoms with van der Waals surface area (Å²) in [4.78, 5) is 8.45. The Morgan fingerprint density at radius 3 is 2.64 bits per heavy atom. The molecule has 130 valence electrons. The third kappa shape index (κ3) is 3.80. The number of benzene rings is 1. The molecule has 2 aromatic heterocycles. The zero-order valence-corrected chi connectivity index (χ0v) is 15.3. The zero-order valence-electron chi connectivity index (χ0n) is 13.7. The van der Waals surface area contributed by atoms with E-state index in [2.05, 4.69) is 9.97 Å². The van der Waals surface area contributed by atoms with E-state index in [4.69, 9.17) is 9.47 Å². The van der Waals surface area contributed by atoms with Crippen molar-refractivity contribution in [2.45, 2.75) is 10.6 Å². The molecular formula is C17H16N2O4S2. The van der Waals surface area contributed by atoms with Gasteiger partial charge in [-0.05, 0) is 23.8 Å². The summed E-state index contributed by atoms with van der Waals surface area (Å²) in [5.74, 6) is 0.541. The summed E-state index contributed by atoms with van der Waals surface area (Å²) in [6.07, 6.45) is 3.21. The summed E-state index contributed by atoms with van der Waals surface area (Å²) in [7, 11) is -0.716. The van der Waals surface area contributed by atoms with Crippen LogP contribution in [0, 0.1) is 0 Å². The van der Waals surface area contributed by atoms with Crippen LogP contribution in [0.4, 0.5) is 0 Å². The van der Waals surface area contributed by atoms with Crippen molar-refractivity contribution in [1.82, 2.24) is 9.97 Å². The van der Waals surface area contributed by atoms with Gasteiger partial charge in [0.1, 0.15) is 16.4 Å². The van der Waals surface area contributed by atoms with Crippen LogP contribution in [0.2, 0.25) is 0 Å². The highest BCUT2D eigenvalue weighted by molar-refractivity contribution is 7.90. The van der Waals surface area contributed by atoms with E-state index in [0.717, 1.165) is 11.3 Å². The smallest absolute Gasteiger partial charge is 0.186 e. The van der Waals surface area contributed by atoms with Crippen molar-refractivity contribution in [2.24, 2.45) is 0 Å². The van der Waals surface area contributed by atoms with E-state index in [-0.39, 0.29) is 16.4 Å². The molecule has 8 heteroatoms. The van der Waals surface area contributed by atoms with Crippen molar-refractivity contribution in [3.05, 3.63) is 53.1 Å². The highest BCUT2D eigenvalue weighted by atomic mass is 32.2. The maximum atomic E-state index is 12.9. The van der Waals surface area contributed by atoms with Gasteiger partial charge in [0.2, 0.25) is 0 Å². The van der Waals surface area contributed by atoms with Crippen molar-refractivity contribution in [1.29, 1.82) is 0 Å². The molecule has 0 fully saturated rings. The molecule has 0 aliphatic carbocycles. The van der Waals surface area contributed by atoms with Gasteiger partial charge in [0, 0.05) is 29.4 Å². The first kappa shape index (κ1) is 17.4. The lowest BCUT2D eigenvalue weighted by Crippen LogP contribution is -2.07. The maximum Gasteiger partial charge on any atom is 0.186 e. The standard InChI is InChI=1S/C17H16N2O4S2/c1-22-14-3-4-16(23-2)17(6-14)25(20,21)10-12-5-13(8-18-7-12)15-9-24-11-19-15/h3-9,11H,10H2,1-2H3. The number of nitrogens with zero attached hydrogens (tertiary/aromatic N) is 2. The van der Waals surface area contributed by atoms with Gasteiger partial charge in [-0.3, -0.25) is 4.98 Å². The molecule has 0 spiro atoms. The first-order chi connectivity index (χ1) is 12.0. The van der Waals surface area contributed by atoms with E-state index in [0.29, 0.717) is 11.3 Å². The van der Waals surface area contributed by atoms with E-state index in [1.54, 1.807) is 36.1 Å². The monoisotopic (exact) mass is 376 g/mol. The zero-order chi connectivity index (χ0) is 17.9. The molecule has 0 unspecified atom stereocenters. The summed E-state index contributed by atoms with van der Waals surface area (Å²) in [5.41, 5.74) is 3.86. The first-order valence-corrected chi connectivity index (χ1v) is 9.90. The van der Waals surface area contributed by atoms with Crippen LogP contribution in [0.5, 0.6) is 11.5 Å². The van der Waals surface area contributed by atoms with Gasteiger partial charge in [-0.25, -0.2) is 13.4 Å². The number of pyridine rings is 1. The number of hydrogen-bond donors (Lipinski definition) is 0. The average Bonchev–Trinajstić information content (AvgIpc) is 3.15. The molecule has 0 bridgehead atoms. The Labute approximate surface area is 150 Å². The highest BCUT2D eigenvalue weighted by Crippen LogP contribution is 2.31. The third-order valence-electron chi connectivity index (χ3n) is 3.59. The Bertz CT molecular complexity index is 970. The fourth-order valence-electron chi connectivity index (χ4n) is 2.39. The molecule has 0 saturated heterocycles. The minimum Gasteiger partial charge on any atom is -0.497 e. The molecule has 6 nitrogen and oxygen atoms in total. The van der Waals surface area contributed by atoms with Crippen molar-refractivity contribution < 1.29 is 17.9 Å². The van der Waals surface area contributed by atoms with Crippen LogP contribution in [-0.4, -0.2) is 32.6 Å². The Kier molecular flexibility index (Phi) is 5.00. The number of rotatable bonds is 6. The lowest BCUT2D eigenvalue weighted by atomic mass is 10.2. The number of thiazole rings is 1. The maximum absolute atomic E-state index is 12.9. The summed E-state index contributed by atoms with van der Waals surface area (Å²) in [5, 5.41) is 1.89. The van der Waals surface area contributed by atoms with Gasteiger partial charge in [0.25, 0.3) is 0 Å². The van der Waals surface area contributed by atoms with Crippen molar-refractivity contribution >= 4 is 21.2 Å². The number of hydrogen-bond acceptors (Lipinski definition) is 7. The van der Waals surface area contributed by atoms with E-state index in [9.17, 15) is 8.42 Å². The molecule has 0 N–H and O–H groups in total. The van der Waals surface area contributed by atoms with E-state index < -0.39 is 9.84 Å². The lowest BCUT2D eigenvalue weighted by Gasteiger charge is -2.11. The van der Waals surface area contributed by atoms with Gasteiger partial charge >= 0.3 is 0 Å². The summed E-state index contributed by atoms with van der Waals surface area (Å²) in [6.45, 7) is 0. The van der Waals surface area contributed by atoms with Crippen molar-refractivity contribution in [3.63, 3.8) is 0 Å². The van der Waals surface area contributed by atoms with Gasteiger partial charge in [-0.1, -0.05) is 0 Å². The largest absolute Gasteiger partial charge is 0.497 e. The van der Waals surface area contributed by atoms with Crippen molar-refractivity contribution in [3.8, 4) is 22.8 Å². The van der Waals surface area contributed by atoms with Crippen LogP contribution in [0.25, 0.3) is 11.3 Å². The second-order valence-electron chi connectivity index (χ2n) is 5.23. The van der Waals surface area contributed by atoms with Crippen molar-refractivity contribution in [2.75, 3.05) is 14.2 Å². The van der Waals surface area contributed by atoms with Crippen LogP contribution in [0.15, 0.2) is 52.4 Å². The molecule has 0 saturated carbocycles. The summed E-state index contributed by atoms with van der Waals surface area (Å²) >= 11 is 1.47. The van der Waals surface area contributed by atoms with Crippen LogP contribution in [0.3, 0.4) is 0 Å². The van der Waals surface area contributed by atoms with Gasteiger partial charge < -0.3 is 9.47 Å². The first-order valence-electron chi connectivity index (χ1n) is 7.31. The molecule has 2 heterocycles. The van der Waals surface area contributed by atoms with E-state index >= 15 is 0 Å². The average molecular weight is 376 g/mol. The van der Waals surface area contributed by atoms with Crippen LogP contribution in [0.1, 0.15) is 5.56 Å². The third-order valence-corrected chi connectivity index (χ3v) is 5.87. The molecule has 0 aliphatic rings. The van der Waals surface area contributed by atoms with Gasteiger partial charge in [-0.15, -0.1) is 11.3 Å². The molecule has 3 aromatic rings. The quantitative estimate of drug-likeness (QED) is 0.657. The van der Waals surface area contributed by atoms with Crippen LogP contribution >= 0.6 is 11.3 Å². The fourth-order valence-corrected chi connectivity index (χ4v) is 4.45. The predicted octanol–water partition coefficient (Wildman–Crippen LogP) is 3.20. The number of aromatic nitrogens is 2. The normalized spacial score (nSPS) is 11.3. The molecule has 3 rings (SSSR count). The minimum absolute atomic E-state index is 0.0911. The molecule has 0 atom stereocenters. The lowest BCUT2D eigenvalue weighted by molar-refractivity contribution is 0.392. The molecule has 1 aromatic carbocycles. The van der Waals surface area contributed by atoms with E-state index in [1.807, 2.05) is 5.38 Å². The Balaban J connectivity index is 1.96. The molecule has 25 heavy (non-hydrogen) atoms. The Morgan fingerprint density at radius 1 is 1.12 bits per heavy atom. The molecule has 0 radical (unpaired) electrons. The molecule has 0 amide bonds. The van der Waals surface area contributed by atoms with Crippen LogP contribution in [-0.2, 0) is 15.6 Å². The van der Waals surface area contributed by atoms with Gasteiger partial charge in [-0.2, -0.15) is 0 Å². The highest BCUT2D eigenvalue weighted by Gasteiger charge is 2.22. The Hall–Kier alpha value is -2.45. The van der Waals surface area contributed by atoms with Gasteiger partial charge in [0.15, 0.2) is 9.84 Å². The molecule has 0 aliphatic heterocycles. The number of methoxy groups -OCH3 is 2. The second-order valence-corrected chi connectivity index (χ2v) is 7.91. The summed E-state index contributed by atoms with van der Waals surface area (Å²) < 4.78 is 36.1. The van der Waals surface area contributed by atoms with Crippen LogP contribution < -0.4 is 9.47 Å². The van der Waals surface area contributed by atoms with Gasteiger partial charge in [0.05, 0.1) is 31.2 Å². The fraction of sp³-hybridized carbons (Fsp3) is 0.176. The minimum atomic E-state index is -3.64. The summed E-state index contributed by atoms with van der Waals surface area (Å²) in [6, 6.07) is 6.48. The SMILES string of the molecule is COc1ccc(OC)c(S(=O)(=O)Cc2cncc(-c3cscn3)c2)c1. The van der Waals surface area contributed by atoms with E-state index in [1.165, 1.54) is 31.6 Å². The number of sulfone groups is 1. The predicted molar refractivity (Wildman–Crippen MR) is 95.8 cm³/mol. The number of ether oxygens (including phenoxy) is 2. The second kappa shape index (κ2) is 7.20. The Morgan fingerprint density at radius 2 is 1.96 bits per heavy atom.